The molecule has 0 fully saturated rings. The molecule has 0 bridgehead atoms. The topological polar surface area (TPSA) is 72.8 Å². The number of rotatable bonds is 3. The van der Waals surface area contributed by atoms with Crippen molar-refractivity contribution < 1.29 is 24.2 Å². The highest BCUT2D eigenvalue weighted by Gasteiger charge is 2.40. The van der Waals surface area contributed by atoms with Crippen LogP contribution in [0.25, 0.3) is 0 Å². The predicted molar refractivity (Wildman–Crippen MR) is 51.0 cm³/mol. The number of carbonyl (C=O) groups excluding carboxylic acids is 2. The monoisotopic (exact) mass is 214 g/mol. The fourth-order valence-electron chi connectivity index (χ4n) is 1.37. The van der Waals surface area contributed by atoms with Gasteiger partial charge in [-0.15, -0.1) is 0 Å². The molecule has 1 rings (SSSR count). The smallest absolute Gasteiger partial charge is 0.374 e. The Morgan fingerprint density at radius 3 is 2.67 bits per heavy atom. The molecule has 1 heterocycles. The number of aliphatic hydroxyl groups excluding tert-OH is 1. The van der Waals surface area contributed by atoms with E-state index in [0.717, 1.165) is 0 Å². The van der Waals surface area contributed by atoms with Crippen LogP contribution in [-0.4, -0.2) is 29.8 Å². The minimum absolute atomic E-state index is 0.0724. The molecule has 1 aliphatic heterocycles. The fraction of sp³-hybridized carbons (Fsp3) is 0.600. The number of carbonyl (C=O) groups is 2. The van der Waals surface area contributed by atoms with Gasteiger partial charge in [0, 0.05) is 0 Å². The minimum Gasteiger partial charge on any atom is -0.501 e. The Morgan fingerprint density at radius 1 is 1.60 bits per heavy atom. The Hall–Kier alpha value is -1.52. The van der Waals surface area contributed by atoms with Gasteiger partial charge < -0.3 is 14.6 Å². The van der Waals surface area contributed by atoms with Gasteiger partial charge >= 0.3 is 11.9 Å². The summed E-state index contributed by atoms with van der Waals surface area (Å²) in [4.78, 5) is 22.5. The van der Waals surface area contributed by atoms with Crippen LogP contribution in [0.15, 0.2) is 11.3 Å². The van der Waals surface area contributed by atoms with Crippen LogP contribution in [0, 0.1) is 5.92 Å². The van der Waals surface area contributed by atoms with Crippen LogP contribution < -0.4 is 0 Å². The summed E-state index contributed by atoms with van der Waals surface area (Å²) in [6.45, 7) is 5.41. The summed E-state index contributed by atoms with van der Waals surface area (Å²) in [7, 11) is 0. The van der Waals surface area contributed by atoms with E-state index in [1.165, 1.54) is 0 Å². The summed E-state index contributed by atoms with van der Waals surface area (Å²) in [5.41, 5.74) is -0.0724. The minimum atomic E-state index is -0.864. The molecule has 0 saturated carbocycles. The number of hydrogen-bond donors (Lipinski definition) is 1. The summed E-state index contributed by atoms with van der Waals surface area (Å²) in [6.07, 6.45) is -0.712. The van der Waals surface area contributed by atoms with Crippen LogP contribution in [0.3, 0.4) is 0 Å². The Kier molecular flexibility index (Phi) is 3.34. The molecule has 5 heteroatoms. The van der Waals surface area contributed by atoms with Gasteiger partial charge in [0.05, 0.1) is 6.61 Å². The lowest BCUT2D eigenvalue weighted by molar-refractivity contribution is -0.144. The molecule has 1 N–H and O–H groups in total. The fourth-order valence-corrected chi connectivity index (χ4v) is 1.37. The number of aliphatic hydroxyl groups is 1. The molecule has 15 heavy (non-hydrogen) atoms. The lowest BCUT2D eigenvalue weighted by atomic mass is 10.00. The Balaban J connectivity index is 2.98. The van der Waals surface area contributed by atoms with Crippen molar-refractivity contribution in [2.75, 3.05) is 6.61 Å². The molecule has 0 aromatic carbocycles. The van der Waals surface area contributed by atoms with Crippen molar-refractivity contribution in [3.63, 3.8) is 0 Å². The maximum absolute atomic E-state index is 11.4. The van der Waals surface area contributed by atoms with E-state index in [2.05, 4.69) is 0 Å². The van der Waals surface area contributed by atoms with E-state index in [1.54, 1.807) is 20.8 Å². The third kappa shape index (κ3) is 2.11. The molecule has 0 radical (unpaired) electrons. The summed E-state index contributed by atoms with van der Waals surface area (Å²) < 4.78 is 9.59. The zero-order chi connectivity index (χ0) is 11.6. The first-order valence-corrected chi connectivity index (χ1v) is 4.80. The molecule has 0 aliphatic carbocycles. The van der Waals surface area contributed by atoms with Gasteiger partial charge in [-0.05, 0) is 12.8 Å². The molecule has 0 spiro atoms. The quantitative estimate of drug-likeness (QED) is 0.708. The lowest BCUT2D eigenvalue weighted by Crippen LogP contribution is -2.24. The van der Waals surface area contributed by atoms with E-state index >= 15 is 0 Å². The predicted octanol–water partition coefficient (Wildman–Crippen LogP) is 0.943. The van der Waals surface area contributed by atoms with Crippen molar-refractivity contribution in [3.8, 4) is 0 Å². The number of cyclic esters (lactones) is 1. The molecule has 0 amide bonds. The molecule has 1 aliphatic rings. The van der Waals surface area contributed by atoms with Gasteiger partial charge in [0.1, 0.15) is 11.7 Å². The van der Waals surface area contributed by atoms with Gasteiger partial charge in [-0.3, -0.25) is 0 Å². The lowest BCUT2D eigenvalue weighted by Gasteiger charge is -2.15. The Morgan fingerprint density at radius 2 is 2.20 bits per heavy atom. The highest BCUT2D eigenvalue weighted by atomic mass is 16.6. The number of ether oxygens (including phenoxy) is 2. The summed E-state index contributed by atoms with van der Waals surface area (Å²) >= 11 is 0. The third-order valence-electron chi connectivity index (χ3n) is 2.07. The number of esters is 2. The van der Waals surface area contributed by atoms with E-state index in [9.17, 15) is 14.7 Å². The van der Waals surface area contributed by atoms with Crippen molar-refractivity contribution in [3.05, 3.63) is 11.3 Å². The standard InChI is InChI=1S/C10H14O5/c1-4-14-9(12)6-7(11)10(13)15-8(6)5(2)3/h5,8,11H,4H2,1-3H3/t8-/m1/s1. The van der Waals surface area contributed by atoms with Crippen molar-refractivity contribution in [2.24, 2.45) is 5.92 Å². The van der Waals surface area contributed by atoms with Gasteiger partial charge in [-0.25, -0.2) is 9.59 Å². The van der Waals surface area contributed by atoms with Crippen molar-refractivity contribution in [1.29, 1.82) is 0 Å². The molecule has 0 saturated heterocycles. The van der Waals surface area contributed by atoms with Crippen LogP contribution in [0.2, 0.25) is 0 Å². The summed E-state index contributed by atoms with van der Waals surface area (Å²) in [6, 6.07) is 0. The van der Waals surface area contributed by atoms with E-state index in [-0.39, 0.29) is 18.1 Å². The zero-order valence-electron chi connectivity index (χ0n) is 8.94. The molecule has 0 aromatic heterocycles. The summed E-state index contributed by atoms with van der Waals surface area (Å²) in [5, 5.41) is 9.38. The van der Waals surface area contributed by atoms with Crippen molar-refractivity contribution in [1.82, 2.24) is 0 Å². The summed E-state index contributed by atoms with van der Waals surface area (Å²) in [5.74, 6) is -2.28. The van der Waals surface area contributed by atoms with Gasteiger partial charge in [0.2, 0.25) is 5.76 Å². The largest absolute Gasteiger partial charge is 0.501 e. The second-order valence-corrected chi connectivity index (χ2v) is 3.55. The van der Waals surface area contributed by atoms with Gasteiger partial charge in [0.15, 0.2) is 0 Å². The maximum Gasteiger partial charge on any atom is 0.374 e. The number of hydrogen-bond acceptors (Lipinski definition) is 5. The highest BCUT2D eigenvalue weighted by molar-refractivity contribution is 6.02. The third-order valence-corrected chi connectivity index (χ3v) is 2.07. The van der Waals surface area contributed by atoms with Crippen LogP contribution in [-0.2, 0) is 19.1 Å². The SMILES string of the molecule is CCOC(=O)C1=C(O)C(=O)O[C@@H]1C(C)C. The average molecular weight is 214 g/mol. The van der Waals surface area contributed by atoms with Gasteiger partial charge in [-0.1, -0.05) is 13.8 Å². The maximum atomic E-state index is 11.4. The zero-order valence-corrected chi connectivity index (χ0v) is 8.94. The van der Waals surface area contributed by atoms with Gasteiger partial charge in [-0.2, -0.15) is 0 Å². The first kappa shape index (κ1) is 11.6. The Labute approximate surface area is 87.7 Å². The molecule has 0 unspecified atom stereocenters. The first-order chi connectivity index (χ1) is 6.99. The van der Waals surface area contributed by atoms with Crippen molar-refractivity contribution >= 4 is 11.9 Å². The second kappa shape index (κ2) is 4.33. The van der Waals surface area contributed by atoms with Crippen LogP contribution in [0.1, 0.15) is 20.8 Å². The molecular weight excluding hydrogens is 200 g/mol. The average Bonchev–Trinajstić information content (AvgIpc) is 2.44. The molecule has 1 atom stereocenters. The van der Waals surface area contributed by atoms with Crippen LogP contribution >= 0.6 is 0 Å². The second-order valence-electron chi connectivity index (χ2n) is 3.55. The van der Waals surface area contributed by atoms with E-state index in [0.29, 0.717) is 0 Å². The van der Waals surface area contributed by atoms with Gasteiger partial charge in [0.25, 0.3) is 0 Å². The van der Waals surface area contributed by atoms with E-state index in [1.807, 2.05) is 0 Å². The molecule has 84 valence electrons. The van der Waals surface area contributed by atoms with Crippen LogP contribution in [0.4, 0.5) is 0 Å². The van der Waals surface area contributed by atoms with E-state index < -0.39 is 23.8 Å². The first-order valence-electron chi connectivity index (χ1n) is 4.80. The highest BCUT2D eigenvalue weighted by Crippen LogP contribution is 2.27. The van der Waals surface area contributed by atoms with E-state index in [4.69, 9.17) is 9.47 Å². The Bertz CT molecular complexity index is 316. The normalized spacial score (nSPS) is 20.8. The van der Waals surface area contributed by atoms with Crippen molar-refractivity contribution in [2.45, 2.75) is 26.9 Å². The molecular formula is C10H14O5. The van der Waals surface area contributed by atoms with Crippen LogP contribution in [0.5, 0.6) is 0 Å². The molecule has 5 nitrogen and oxygen atoms in total. The molecule has 0 aromatic rings.